The summed E-state index contributed by atoms with van der Waals surface area (Å²) in [5.74, 6) is -6.36. The molecule has 3 amide bonds. The number of likely N-dealkylation sites (tertiary alicyclic amines) is 1. The number of hydrogen-bond acceptors (Lipinski definition) is 3. The van der Waals surface area contributed by atoms with Crippen molar-refractivity contribution in [1.29, 1.82) is 0 Å². The van der Waals surface area contributed by atoms with Gasteiger partial charge in [0, 0.05) is 13.1 Å². The van der Waals surface area contributed by atoms with Crippen LogP contribution in [-0.4, -0.2) is 47.9 Å². The summed E-state index contributed by atoms with van der Waals surface area (Å²) in [5, 5.41) is 2.96. The van der Waals surface area contributed by atoms with Crippen molar-refractivity contribution in [3.05, 3.63) is 28.8 Å². The van der Waals surface area contributed by atoms with Gasteiger partial charge in [0.25, 0.3) is 0 Å². The maximum Gasteiger partial charge on any atom is 0.408 e. The number of carbonyl (C=O) groups is 3. The quantitative estimate of drug-likeness (QED) is 0.442. The molecule has 2 atom stereocenters. The average molecular weight is 428 g/mol. The van der Waals surface area contributed by atoms with Crippen molar-refractivity contribution in [1.82, 2.24) is 10.2 Å². The molecule has 0 bridgehead atoms. The third kappa shape index (κ3) is 4.89. The second-order valence-corrected chi connectivity index (χ2v) is 6.56. The lowest BCUT2D eigenvalue weighted by Gasteiger charge is -2.20. The van der Waals surface area contributed by atoms with Gasteiger partial charge >= 0.3 is 18.0 Å². The Morgan fingerprint density at radius 2 is 1.89 bits per heavy atom. The zero-order valence-corrected chi connectivity index (χ0v) is 15.1. The van der Waals surface area contributed by atoms with Gasteiger partial charge in [-0.3, -0.25) is 14.4 Å². The summed E-state index contributed by atoms with van der Waals surface area (Å²) >= 11 is 5.42. The van der Waals surface area contributed by atoms with Gasteiger partial charge in [0.1, 0.15) is 16.9 Å². The smallest absolute Gasteiger partial charge is 0.336 e. The summed E-state index contributed by atoms with van der Waals surface area (Å²) in [5.41, 5.74) is -0.363. The van der Waals surface area contributed by atoms with Crippen LogP contribution >= 0.6 is 11.6 Å². The fourth-order valence-electron chi connectivity index (χ4n) is 2.50. The molecule has 12 heteroatoms. The van der Waals surface area contributed by atoms with Gasteiger partial charge in [-0.05, 0) is 25.5 Å². The zero-order valence-electron chi connectivity index (χ0n) is 14.4. The molecule has 2 N–H and O–H groups in total. The first-order chi connectivity index (χ1) is 12.9. The van der Waals surface area contributed by atoms with Gasteiger partial charge in [-0.25, -0.2) is 8.78 Å². The van der Waals surface area contributed by atoms with Crippen LogP contribution in [0.3, 0.4) is 0 Å². The molecule has 1 aliphatic rings. The molecule has 0 aromatic heterocycles. The van der Waals surface area contributed by atoms with Crippen molar-refractivity contribution < 1.29 is 36.3 Å². The number of carbonyl (C=O) groups excluding carboxylic acids is 3. The van der Waals surface area contributed by atoms with E-state index in [9.17, 15) is 36.3 Å². The monoisotopic (exact) mass is 427 g/mol. The average Bonchev–Trinajstić information content (AvgIpc) is 3.10. The van der Waals surface area contributed by atoms with Crippen molar-refractivity contribution in [2.75, 3.05) is 18.4 Å². The van der Waals surface area contributed by atoms with E-state index in [0.29, 0.717) is 6.92 Å². The number of hydrogen-bond donors (Lipinski definition) is 2. The first kappa shape index (κ1) is 21.9. The number of nitrogens with one attached hydrogen (secondary N) is 2. The predicted molar refractivity (Wildman–Crippen MR) is 88.3 cm³/mol. The van der Waals surface area contributed by atoms with E-state index in [1.807, 2.05) is 0 Å². The van der Waals surface area contributed by atoms with E-state index in [0.717, 1.165) is 17.0 Å². The molecule has 1 aliphatic heterocycles. The van der Waals surface area contributed by atoms with Crippen LogP contribution in [0.5, 0.6) is 0 Å². The summed E-state index contributed by atoms with van der Waals surface area (Å²) in [6.07, 6.45) is -4.60. The summed E-state index contributed by atoms with van der Waals surface area (Å²) in [6, 6.07) is -0.382. The van der Waals surface area contributed by atoms with Crippen LogP contribution in [0.1, 0.15) is 13.3 Å². The number of alkyl halides is 3. The molecule has 1 aromatic rings. The van der Waals surface area contributed by atoms with E-state index in [-0.39, 0.29) is 25.2 Å². The minimum atomic E-state index is -4.70. The number of anilines is 1. The third-order valence-corrected chi connectivity index (χ3v) is 4.52. The van der Waals surface area contributed by atoms with Crippen molar-refractivity contribution >= 4 is 35.0 Å². The largest absolute Gasteiger partial charge is 0.408 e. The Morgan fingerprint density at radius 1 is 1.25 bits per heavy atom. The molecule has 0 aliphatic carbocycles. The van der Waals surface area contributed by atoms with E-state index in [1.54, 1.807) is 5.32 Å². The fourth-order valence-corrected chi connectivity index (χ4v) is 2.66. The summed E-state index contributed by atoms with van der Waals surface area (Å²) in [6.45, 7) is 0.403. The standard InChI is InChI=1S/C16H15ClF5N3O3/c1-7(16(20,21)22)23-14(27)15(28)25-5-4-8(6-25)13(26)24-10-3-2-9(18)11(17)12(10)19/h2-3,7-8H,4-6H2,1H3,(H,23,27)(H,24,26)/t7-,8+/m1/s1. The minimum absolute atomic E-state index is 0.0443. The van der Waals surface area contributed by atoms with Crippen LogP contribution in [0.15, 0.2) is 12.1 Å². The molecule has 28 heavy (non-hydrogen) atoms. The lowest BCUT2D eigenvalue weighted by Crippen LogP contribution is -2.49. The molecule has 0 saturated carbocycles. The summed E-state index contributed by atoms with van der Waals surface area (Å²) < 4.78 is 64.3. The summed E-state index contributed by atoms with van der Waals surface area (Å²) in [7, 11) is 0. The van der Waals surface area contributed by atoms with Gasteiger partial charge in [-0.1, -0.05) is 11.6 Å². The summed E-state index contributed by atoms with van der Waals surface area (Å²) in [4.78, 5) is 36.8. The van der Waals surface area contributed by atoms with Gasteiger partial charge in [-0.15, -0.1) is 0 Å². The van der Waals surface area contributed by atoms with Gasteiger partial charge in [0.2, 0.25) is 5.91 Å². The Balaban J connectivity index is 1.96. The predicted octanol–water partition coefficient (Wildman–Crippen LogP) is 2.47. The lowest BCUT2D eigenvalue weighted by atomic mass is 10.1. The van der Waals surface area contributed by atoms with E-state index in [1.165, 1.54) is 0 Å². The SMILES string of the molecule is C[C@@H](NC(=O)C(=O)N1CC[C@H](C(=O)Nc2ccc(F)c(Cl)c2F)C1)C(F)(F)F. The highest BCUT2D eigenvalue weighted by atomic mass is 35.5. The molecule has 2 rings (SSSR count). The zero-order chi connectivity index (χ0) is 21.2. The number of amides is 3. The van der Waals surface area contributed by atoms with E-state index >= 15 is 0 Å². The molecule has 0 unspecified atom stereocenters. The first-order valence-corrected chi connectivity index (χ1v) is 8.40. The van der Waals surface area contributed by atoms with Gasteiger partial charge < -0.3 is 15.5 Å². The molecule has 0 spiro atoms. The van der Waals surface area contributed by atoms with Crippen LogP contribution in [0.2, 0.25) is 5.02 Å². The highest BCUT2D eigenvalue weighted by Gasteiger charge is 2.40. The van der Waals surface area contributed by atoms with Crippen molar-refractivity contribution in [3.63, 3.8) is 0 Å². The molecule has 154 valence electrons. The van der Waals surface area contributed by atoms with Crippen LogP contribution in [0.25, 0.3) is 0 Å². The van der Waals surface area contributed by atoms with Crippen LogP contribution in [0, 0.1) is 17.6 Å². The molecule has 1 saturated heterocycles. The maximum atomic E-state index is 13.8. The minimum Gasteiger partial charge on any atom is -0.336 e. The highest BCUT2D eigenvalue weighted by Crippen LogP contribution is 2.27. The number of benzene rings is 1. The van der Waals surface area contributed by atoms with E-state index in [2.05, 4.69) is 5.32 Å². The molecule has 1 aromatic carbocycles. The Bertz CT molecular complexity index is 802. The van der Waals surface area contributed by atoms with Crippen LogP contribution in [0.4, 0.5) is 27.6 Å². The first-order valence-electron chi connectivity index (χ1n) is 8.02. The molecular weight excluding hydrogens is 413 g/mol. The lowest BCUT2D eigenvalue weighted by molar-refractivity contribution is -0.162. The van der Waals surface area contributed by atoms with Crippen LogP contribution < -0.4 is 10.6 Å². The van der Waals surface area contributed by atoms with Gasteiger partial charge in [0.05, 0.1) is 11.6 Å². The second kappa shape index (κ2) is 8.29. The Morgan fingerprint density at radius 3 is 2.50 bits per heavy atom. The molecular formula is C16H15ClF5N3O3. The third-order valence-electron chi connectivity index (χ3n) is 4.17. The fraction of sp³-hybridized carbons (Fsp3) is 0.438. The molecule has 6 nitrogen and oxygen atoms in total. The molecule has 1 heterocycles. The van der Waals surface area contributed by atoms with Gasteiger partial charge in [0.15, 0.2) is 5.82 Å². The van der Waals surface area contributed by atoms with Crippen molar-refractivity contribution in [2.24, 2.45) is 5.92 Å². The Labute approximate surface area is 161 Å². The second-order valence-electron chi connectivity index (χ2n) is 6.19. The Hall–Kier alpha value is -2.43. The maximum absolute atomic E-state index is 13.8. The van der Waals surface area contributed by atoms with Crippen molar-refractivity contribution in [3.8, 4) is 0 Å². The van der Waals surface area contributed by atoms with E-state index in [4.69, 9.17) is 11.6 Å². The molecule has 1 fully saturated rings. The highest BCUT2D eigenvalue weighted by molar-refractivity contribution is 6.35. The normalized spacial score (nSPS) is 18.0. The molecule has 0 radical (unpaired) electrons. The topological polar surface area (TPSA) is 78.5 Å². The number of halogens is 6. The number of rotatable bonds is 3. The van der Waals surface area contributed by atoms with Crippen molar-refractivity contribution in [2.45, 2.75) is 25.6 Å². The van der Waals surface area contributed by atoms with E-state index < -0.39 is 52.5 Å². The van der Waals surface area contributed by atoms with Crippen LogP contribution in [-0.2, 0) is 14.4 Å². The number of nitrogens with zero attached hydrogens (tertiary/aromatic N) is 1. The van der Waals surface area contributed by atoms with Gasteiger partial charge in [-0.2, -0.15) is 13.2 Å². The Kier molecular flexibility index (Phi) is 6.48.